The molecule has 1 aliphatic rings. The number of likely N-dealkylation sites (tertiary alicyclic amines) is 1. The third kappa shape index (κ3) is 4.41. The Balaban J connectivity index is 1.55. The Bertz CT molecular complexity index is 764. The van der Waals surface area contributed by atoms with Crippen LogP contribution in [-0.2, 0) is 16.3 Å². The molecule has 4 nitrogen and oxygen atoms in total. The third-order valence-corrected chi connectivity index (χ3v) is 7.20. The Morgan fingerprint density at radius 3 is 2.24 bits per heavy atom. The number of nitrogens with zero attached hydrogens (tertiary/aromatic N) is 1. The first-order chi connectivity index (χ1) is 12.1. The molecule has 1 heterocycles. The van der Waals surface area contributed by atoms with Crippen molar-refractivity contribution >= 4 is 9.84 Å². The van der Waals surface area contributed by atoms with Gasteiger partial charge in [0, 0.05) is 6.54 Å². The smallest absolute Gasteiger partial charge is 0.181 e. The van der Waals surface area contributed by atoms with Gasteiger partial charge in [-0.25, -0.2) is 8.42 Å². The minimum absolute atomic E-state index is 0.283. The maximum atomic E-state index is 12.8. The molecule has 0 unspecified atom stereocenters. The summed E-state index contributed by atoms with van der Waals surface area (Å²) in [7, 11) is -1.68. The highest BCUT2D eigenvalue weighted by Gasteiger charge is 2.31. The van der Waals surface area contributed by atoms with E-state index in [1.54, 1.807) is 31.4 Å². The fraction of sp³-hybridized carbons (Fsp3) is 0.400. The fourth-order valence-electron chi connectivity index (χ4n) is 3.33. The zero-order valence-electron chi connectivity index (χ0n) is 14.6. The molecule has 0 N–H and O–H groups in total. The number of methoxy groups -OCH3 is 1. The number of benzene rings is 2. The summed E-state index contributed by atoms with van der Waals surface area (Å²) in [6.07, 6.45) is 2.41. The van der Waals surface area contributed by atoms with Crippen LogP contribution in [0.2, 0.25) is 0 Å². The van der Waals surface area contributed by atoms with Crippen molar-refractivity contribution in [3.05, 3.63) is 60.2 Å². The van der Waals surface area contributed by atoms with Gasteiger partial charge in [-0.15, -0.1) is 0 Å². The summed E-state index contributed by atoms with van der Waals surface area (Å²) in [5.41, 5.74) is 1.33. The van der Waals surface area contributed by atoms with Gasteiger partial charge in [0.2, 0.25) is 0 Å². The summed E-state index contributed by atoms with van der Waals surface area (Å²) in [4.78, 5) is 2.77. The number of rotatable bonds is 6. The first-order valence-electron chi connectivity index (χ1n) is 8.74. The van der Waals surface area contributed by atoms with Gasteiger partial charge in [-0.2, -0.15) is 0 Å². The summed E-state index contributed by atoms with van der Waals surface area (Å²) in [5, 5.41) is -0.283. The van der Waals surface area contributed by atoms with Crippen molar-refractivity contribution in [3.63, 3.8) is 0 Å². The van der Waals surface area contributed by atoms with Crippen LogP contribution in [0.25, 0.3) is 0 Å². The highest BCUT2D eigenvalue weighted by atomic mass is 32.2. The second kappa shape index (κ2) is 8.02. The molecule has 3 rings (SSSR count). The van der Waals surface area contributed by atoms with Gasteiger partial charge >= 0.3 is 0 Å². The van der Waals surface area contributed by atoms with Crippen molar-refractivity contribution in [2.24, 2.45) is 0 Å². The Morgan fingerprint density at radius 2 is 1.64 bits per heavy atom. The van der Waals surface area contributed by atoms with Crippen LogP contribution in [0, 0.1) is 0 Å². The molecule has 1 fully saturated rings. The molecule has 0 radical (unpaired) electrons. The van der Waals surface area contributed by atoms with Gasteiger partial charge < -0.3 is 9.64 Å². The van der Waals surface area contributed by atoms with Crippen LogP contribution in [-0.4, -0.2) is 45.3 Å². The average Bonchev–Trinajstić information content (AvgIpc) is 2.67. The quantitative estimate of drug-likeness (QED) is 0.795. The third-order valence-electron chi connectivity index (χ3n) is 4.92. The molecule has 1 aliphatic heterocycles. The van der Waals surface area contributed by atoms with Gasteiger partial charge in [0.1, 0.15) is 5.75 Å². The van der Waals surface area contributed by atoms with Crippen LogP contribution < -0.4 is 4.74 Å². The molecule has 5 heteroatoms. The van der Waals surface area contributed by atoms with Crippen LogP contribution >= 0.6 is 0 Å². The van der Waals surface area contributed by atoms with Gasteiger partial charge in [0.25, 0.3) is 0 Å². The van der Waals surface area contributed by atoms with Gasteiger partial charge in [-0.3, -0.25) is 0 Å². The number of sulfone groups is 1. The Labute approximate surface area is 150 Å². The van der Waals surface area contributed by atoms with Crippen molar-refractivity contribution in [3.8, 4) is 5.75 Å². The first kappa shape index (κ1) is 18.0. The second-order valence-electron chi connectivity index (χ2n) is 6.50. The normalized spacial score (nSPS) is 16.7. The molecule has 0 atom stereocenters. The number of ether oxygens (including phenoxy) is 1. The first-order valence-corrected chi connectivity index (χ1v) is 10.3. The lowest BCUT2D eigenvalue weighted by Gasteiger charge is -2.31. The van der Waals surface area contributed by atoms with Crippen molar-refractivity contribution in [1.29, 1.82) is 0 Å². The topological polar surface area (TPSA) is 46.6 Å². The van der Waals surface area contributed by atoms with Gasteiger partial charge in [0.05, 0.1) is 17.3 Å². The van der Waals surface area contributed by atoms with Gasteiger partial charge in [-0.1, -0.05) is 30.3 Å². The Morgan fingerprint density at radius 1 is 1.00 bits per heavy atom. The predicted molar refractivity (Wildman–Crippen MR) is 99.8 cm³/mol. The molecular weight excluding hydrogens is 334 g/mol. The molecule has 0 aromatic heterocycles. The monoisotopic (exact) mass is 359 g/mol. The molecule has 0 bridgehead atoms. The largest absolute Gasteiger partial charge is 0.497 e. The highest BCUT2D eigenvalue weighted by molar-refractivity contribution is 7.92. The van der Waals surface area contributed by atoms with E-state index < -0.39 is 9.84 Å². The molecule has 134 valence electrons. The van der Waals surface area contributed by atoms with Crippen molar-refractivity contribution in [1.82, 2.24) is 4.90 Å². The van der Waals surface area contributed by atoms with Crippen LogP contribution in [0.15, 0.2) is 59.5 Å². The lowest BCUT2D eigenvalue weighted by molar-refractivity contribution is 0.232. The van der Waals surface area contributed by atoms with Gasteiger partial charge in [0.15, 0.2) is 9.84 Å². The predicted octanol–water partition coefficient (Wildman–Crippen LogP) is 3.18. The average molecular weight is 359 g/mol. The number of piperidine rings is 1. The van der Waals surface area contributed by atoms with E-state index in [2.05, 4.69) is 29.2 Å². The molecule has 0 aliphatic carbocycles. The van der Waals surface area contributed by atoms with E-state index in [4.69, 9.17) is 4.74 Å². The molecule has 0 saturated carbocycles. The standard InChI is InChI=1S/C20H25NO3S/c1-24-18-7-9-19(10-8-18)25(22,23)20-12-15-21(16-13-20)14-11-17-5-3-2-4-6-17/h2-10,20H,11-16H2,1H3. The van der Waals surface area contributed by atoms with E-state index in [1.165, 1.54) is 5.56 Å². The zero-order chi connectivity index (χ0) is 17.7. The van der Waals surface area contributed by atoms with E-state index in [0.29, 0.717) is 23.5 Å². The summed E-state index contributed by atoms with van der Waals surface area (Å²) in [6.45, 7) is 2.67. The van der Waals surface area contributed by atoms with Crippen LogP contribution in [0.5, 0.6) is 5.75 Å². The van der Waals surface area contributed by atoms with Crippen LogP contribution in [0.3, 0.4) is 0 Å². The summed E-state index contributed by atoms with van der Waals surface area (Å²) in [5.74, 6) is 0.676. The van der Waals surface area contributed by atoms with E-state index >= 15 is 0 Å². The Kier molecular flexibility index (Phi) is 5.76. The van der Waals surface area contributed by atoms with E-state index in [9.17, 15) is 8.42 Å². The Hall–Kier alpha value is -1.85. The van der Waals surface area contributed by atoms with Gasteiger partial charge in [-0.05, 0) is 62.2 Å². The molecule has 25 heavy (non-hydrogen) atoms. The SMILES string of the molecule is COc1ccc(S(=O)(=O)C2CCN(CCc3ccccc3)CC2)cc1. The molecule has 1 saturated heterocycles. The summed E-state index contributed by atoms with van der Waals surface area (Å²) >= 11 is 0. The maximum Gasteiger partial charge on any atom is 0.181 e. The molecule has 0 spiro atoms. The minimum atomic E-state index is -3.26. The van der Waals surface area contributed by atoms with E-state index in [0.717, 1.165) is 26.1 Å². The maximum absolute atomic E-state index is 12.8. The number of hydrogen-bond donors (Lipinski definition) is 0. The summed E-state index contributed by atoms with van der Waals surface area (Å²) < 4.78 is 30.7. The minimum Gasteiger partial charge on any atom is -0.497 e. The van der Waals surface area contributed by atoms with Crippen molar-refractivity contribution < 1.29 is 13.2 Å². The molecule has 2 aromatic carbocycles. The second-order valence-corrected chi connectivity index (χ2v) is 8.73. The van der Waals surface area contributed by atoms with E-state index in [-0.39, 0.29) is 5.25 Å². The van der Waals surface area contributed by atoms with E-state index in [1.807, 2.05) is 6.07 Å². The molecular formula is C20H25NO3S. The lowest BCUT2D eigenvalue weighted by atomic mass is 10.1. The van der Waals surface area contributed by atoms with Crippen LogP contribution in [0.4, 0.5) is 0 Å². The van der Waals surface area contributed by atoms with Crippen LogP contribution in [0.1, 0.15) is 18.4 Å². The number of hydrogen-bond acceptors (Lipinski definition) is 4. The molecule has 0 amide bonds. The summed E-state index contributed by atoms with van der Waals surface area (Å²) in [6, 6.07) is 17.1. The van der Waals surface area contributed by atoms with Crippen molar-refractivity contribution in [2.45, 2.75) is 29.4 Å². The zero-order valence-corrected chi connectivity index (χ0v) is 15.4. The molecule has 2 aromatic rings. The fourth-order valence-corrected chi connectivity index (χ4v) is 5.06. The van der Waals surface area contributed by atoms with Crippen molar-refractivity contribution in [2.75, 3.05) is 26.7 Å². The highest BCUT2D eigenvalue weighted by Crippen LogP contribution is 2.26. The lowest BCUT2D eigenvalue weighted by Crippen LogP contribution is -2.40.